The zero-order valence-corrected chi connectivity index (χ0v) is 17.1. The Morgan fingerprint density at radius 2 is 1.86 bits per heavy atom. The first kappa shape index (κ1) is 18.8. The van der Waals surface area contributed by atoms with Crippen LogP contribution >= 0.6 is 11.3 Å². The van der Waals surface area contributed by atoms with Crippen LogP contribution in [0.25, 0.3) is 0 Å². The van der Waals surface area contributed by atoms with Gasteiger partial charge in [-0.15, -0.1) is 11.3 Å². The summed E-state index contributed by atoms with van der Waals surface area (Å²) in [4.78, 5) is 25.0. The monoisotopic (exact) mass is 397 g/mol. The summed E-state index contributed by atoms with van der Waals surface area (Å²) in [5.74, 6) is 0.954. The van der Waals surface area contributed by atoms with Crippen LogP contribution in [0.15, 0.2) is 46.8 Å². The number of hydrogen-bond acceptors (Lipinski definition) is 4. The first-order valence-electron chi connectivity index (χ1n) is 9.83. The van der Waals surface area contributed by atoms with Gasteiger partial charge in [0.15, 0.2) is 5.96 Å². The van der Waals surface area contributed by atoms with Gasteiger partial charge in [-0.2, -0.15) is 0 Å². The molecule has 0 saturated carbocycles. The number of hydrogen-bond donors (Lipinski definition) is 1. The van der Waals surface area contributed by atoms with Crippen LogP contribution in [0, 0.1) is 0 Å². The smallest absolute Gasteiger partial charge is 0.242 e. The van der Waals surface area contributed by atoms with Gasteiger partial charge in [-0.05, 0) is 35.6 Å². The predicted octanol–water partition coefficient (Wildman–Crippen LogP) is 2.03. The van der Waals surface area contributed by atoms with Gasteiger partial charge in [-0.25, -0.2) is 0 Å². The maximum Gasteiger partial charge on any atom is 0.242 e. The number of para-hydroxylation sites is 1. The molecule has 7 heteroatoms. The van der Waals surface area contributed by atoms with Crippen molar-refractivity contribution in [2.45, 2.75) is 13.0 Å². The van der Waals surface area contributed by atoms with E-state index in [1.807, 2.05) is 11.0 Å². The van der Waals surface area contributed by atoms with E-state index in [0.717, 1.165) is 51.6 Å². The molecule has 2 aromatic rings. The number of carbonyl (C=O) groups is 1. The van der Waals surface area contributed by atoms with E-state index in [4.69, 9.17) is 0 Å². The van der Waals surface area contributed by atoms with Gasteiger partial charge in [0.2, 0.25) is 5.91 Å². The van der Waals surface area contributed by atoms with E-state index < -0.39 is 0 Å². The van der Waals surface area contributed by atoms with Crippen LogP contribution in [0.5, 0.6) is 0 Å². The normalized spacial score (nSPS) is 17.5. The molecule has 2 aliphatic heterocycles. The van der Waals surface area contributed by atoms with Gasteiger partial charge in [0.25, 0.3) is 0 Å². The average Bonchev–Trinajstić information content (AvgIpc) is 3.23. The molecule has 1 aromatic carbocycles. The molecule has 148 valence electrons. The number of nitrogens with zero attached hydrogens (tertiary/aromatic N) is 4. The van der Waals surface area contributed by atoms with Crippen LogP contribution in [0.2, 0.25) is 0 Å². The highest BCUT2D eigenvalue weighted by molar-refractivity contribution is 7.10. The summed E-state index contributed by atoms with van der Waals surface area (Å²) in [7, 11) is 1.79. The van der Waals surface area contributed by atoms with E-state index in [1.165, 1.54) is 16.1 Å². The summed E-state index contributed by atoms with van der Waals surface area (Å²) in [6.07, 6.45) is 0.967. The lowest BCUT2D eigenvalue weighted by atomic mass is 10.1. The number of nitrogens with one attached hydrogen (secondary N) is 1. The summed E-state index contributed by atoms with van der Waals surface area (Å²) in [5, 5.41) is 5.40. The summed E-state index contributed by atoms with van der Waals surface area (Å²) in [6, 6.07) is 12.6. The topological polar surface area (TPSA) is 51.2 Å². The van der Waals surface area contributed by atoms with Gasteiger partial charge in [-0.3, -0.25) is 9.79 Å². The van der Waals surface area contributed by atoms with Gasteiger partial charge in [0, 0.05) is 56.9 Å². The van der Waals surface area contributed by atoms with Gasteiger partial charge in [0.05, 0.1) is 6.54 Å². The van der Waals surface area contributed by atoms with Crippen LogP contribution < -0.4 is 10.2 Å². The molecule has 0 spiro atoms. The number of benzene rings is 1. The van der Waals surface area contributed by atoms with Gasteiger partial charge >= 0.3 is 0 Å². The lowest BCUT2D eigenvalue weighted by Gasteiger charge is -2.37. The number of aliphatic imine (C=N–C) groups is 1. The van der Waals surface area contributed by atoms with Crippen LogP contribution in [-0.4, -0.2) is 68.0 Å². The van der Waals surface area contributed by atoms with Crippen LogP contribution in [0.4, 0.5) is 5.69 Å². The van der Waals surface area contributed by atoms with Crippen LogP contribution in [-0.2, 0) is 17.8 Å². The SMILES string of the molecule is CN=C(NCC(=O)N1CCc2sccc2C1)N1CCN(c2ccccc2)CC1. The largest absolute Gasteiger partial charge is 0.368 e. The molecular weight excluding hydrogens is 370 g/mol. The lowest BCUT2D eigenvalue weighted by molar-refractivity contribution is -0.130. The standard InChI is InChI=1S/C21H27N5OS/c1-22-21(25-12-10-24(11-13-25)18-5-3-2-4-6-18)23-15-20(27)26-9-7-19-17(16-26)8-14-28-19/h2-6,8,14H,7,9-13,15-16H2,1H3,(H,22,23). The van der Waals surface area contributed by atoms with E-state index >= 15 is 0 Å². The van der Waals surface area contributed by atoms with Gasteiger partial charge in [0.1, 0.15) is 0 Å². The fourth-order valence-electron chi connectivity index (χ4n) is 3.88. The zero-order valence-electron chi connectivity index (χ0n) is 16.3. The Balaban J connectivity index is 1.27. The van der Waals surface area contributed by atoms with E-state index in [2.05, 4.69) is 55.8 Å². The number of guanidine groups is 1. The fourth-order valence-corrected chi connectivity index (χ4v) is 4.77. The number of piperazine rings is 1. The average molecular weight is 398 g/mol. The summed E-state index contributed by atoms with van der Waals surface area (Å²) in [6.45, 7) is 5.52. The Labute approximate surface area is 170 Å². The highest BCUT2D eigenvalue weighted by Crippen LogP contribution is 2.23. The minimum Gasteiger partial charge on any atom is -0.368 e. The Bertz CT molecular complexity index is 826. The van der Waals surface area contributed by atoms with E-state index in [9.17, 15) is 4.79 Å². The van der Waals surface area contributed by atoms with E-state index in [-0.39, 0.29) is 5.91 Å². The molecule has 0 radical (unpaired) electrons. The van der Waals surface area contributed by atoms with Crippen molar-refractivity contribution in [1.29, 1.82) is 0 Å². The third-order valence-corrected chi connectivity index (χ3v) is 6.49. The number of rotatable bonds is 3. The predicted molar refractivity (Wildman–Crippen MR) is 115 cm³/mol. The van der Waals surface area contributed by atoms with Crippen LogP contribution in [0.1, 0.15) is 10.4 Å². The first-order chi connectivity index (χ1) is 13.7. The molecule has 0 unspecified atom stereocenters. The maximum atomic E-state index is 12.7. The Morgan fingerprint density at radius 3 is 2.61 bits per heavy atom. The Morgan fingerprint density at radius 1 is 1.07 bits per heavy atom. The van der Waals surface area contributed by atoms with E-state index in [0.29, 0.717) is 6.54 Å². The van der Waals surface area contributed by atoms with E-state index in [1.54, 1.807) is 18.4 Å². The molecule has 1 saturated heterocycles. The number of fused-ring (bicyclic) bond motifs is 1. The summed E-state index contributed by atoms with van der Waals surface area (Å²) < 4.78 is 0. The quantitative estimate of drug-likeness (QED) is 0.636. The molecule has 2 aliphatic rings. The number of amides is 1. The molecular formula is C21H27N5OS. The molecule has 0 atom stereocenters. The van der Waals surface area contributed by atoms with Gasteiger partial charge in [-0.1, -0.05) is 18.2 Å². The second-order valence-electron chi connectivity index (χ2n) is 7.14. The molecule has 1 fully saturated rings. The molecule has 1 amide bonds. The van der Waals surface area contributed by atoms with Crippen molar-refractivity contribution >= 4 is 28.9 Å². The first-order valence-corrected chi connectivity index (χ1v) is 10.7. The molecule has 6 nitrogen and oxygen atoms in total. The number of thiophene rings is 1. The van der Waals surface area contributed by atoms with Crippen molar-refractivity contribution in [2.24, 2.45) is 4.99 Å². The molecule has 28 heavy (non-hydrogen) atoms. The third-order valence-electron chi connectivity index (χ3n) is 5.47. The molecule has 0 bridgehead atoms. The zero-order chi connectivity index (χ0) is 19.3. The highest BCUT2D eigenvalue weighted by Gasteiger charge is 2.23. The molecule has 3 heterocycles. The molecule has 1 N–H and O–H groups in total. The molecule has 4 rings (SSSR count). The maximum absolute atomic E-state index is 12.7. The molecule has 0 aliphatic carbocycles. The van der Waals surface area contributed by atoms with Crippen molar-refractivity contribution in [3.8, 4) is 0 Å². The molecule has 1 aromatic heterocycles. The van der Waals surface area contributed by atoms with Crippen molar-refractivity contribution in [3.63, 3.8) is 0 Å². The van der Waals surface area contributed by atoms with Crippen LogP contribution in [0.3, 0.4) is 0 Å². The highest BCUT2D eigenvalue weighted by atomic mass is 32.1. The third kappa shape index (κ3) is 4.14. The summed E-state index contributed by atoms with van der Waals surface area (Å²) >= 11 is 1.79. The number of anilines is 1. The summed E-state index contributed by atoms with van der Waals surface area (Å²) in [5.41, 5.74) is 2.56. The second kappa shape index (κ2) is 8.65. The van der Waals surface area contributed by atoms with Crippen molar-refractivity contribution in [3.05, 3.63) is 52.2 Å². The Kier molecular flexibility index (Phi) is 5.81. The lowest BCUT2D eigenvalue weighted by Crippen LogP contribution is -2.54. The second-order valence-corrected chi connectivity index (χ2v) is 8.15. The fraction of sp³-hybridized carbons (Fsp3) is 0.429. The van der Waals surface area contributed by atoms with Crippen molar-refractivity contribution in [2.75, 3.05) is 51.2 Å². The van der Waals surface area contributed by atoms with Crippen molar-refractivity contribution in [1.82, 2.24) is 15.1 Å². The minimum atomic E-state index is 0.140. The minimum absolute atomic E-state index is 0.140. The Hall–Kier alpha value is -2.54. The van der Waals surface area contributed by atoms with Crippen molar-refractivity contribution < 1.29 is 4.79 Å². The van der Waals surface area contributed by atoms with Gasteiger partial charge < -0.3 is 20.0 Å². The number of carbonyl (C=O) groups excluding carboxylic acids is 1.